The van der Waals surface area contributed by atoms with Crippen molar-refractivity contribution in [3.63, 3.8) is 0 Å². The van der Waals surface area contributed by atoms with Crippen LogP contribution in [0.1, 0.15) is 5.56 Å². The van der Waals surface area contributed by atoms with Gasteiger partial charge in [0, 0.05) is 5.69 Å². The van der Waals surface area contributed by atoms with Crippen LogP contribution in [0.25, 0.3) is 6.08 Å². The number of rotatable bonds is 7. The number of carboxylic acid groups (broad SMARTS) is 1. The molecule has 1 heterocycles. The first kappa shape index (κ1) is 22.7. The van der Waals surface area contributed by atoms with E-state index in [1.54, 1.807) is 30.3 Å². The van der Waals surface area contributed by atoms with Crippen LogP contribution in [0.3, 0.4) is 0 Å². The van der Waals surface area contributed by atoms with E-state index in [0.717, 1.165) is 4.90 Å². The summed E-state index contributed by atoms with van der Waals surface area (Å²) in [6.07, 6.45) is 1.40. The Bertz CT molecular complexity index is 1070. The lowest BCUT2D eigenvalue weighted by molar-refractivity contribution is -0.139. The molecule has 31 heavy (non-hydrogen) atoms. The number of aliphatic carboxylic acids is 1. The number of nitrogens with zero attached hydrogens (tertiary/aromatic N) is 1. The number of anilines is 1. The average Bonchev–Trinajstić information content (AvgIpc) is 2.95. The van der Waals surface area contributed by atoms with Crippen LogP contribution in [0.5, 0.6) is 5.75 Å². The maximum absolute atomic E-state index is 12.6. The number of ether oxygens (including phenoxy) is 1. The number of imide groups is 1. The minimum absolute atomic E-state index is 0.00595. The Hall–Kier alpha value is -3.01. The van der Waals surface area contributed by atoms with Crippen LogP contribution in [0.4, 0.5) is 10.5 Å². The Balaban J connectivity index is 1.72. The van der Waals surface area contributed by atoms with Crippen LogP contribution in [0.2, 0.25) is 10.0 Å². The molecule has 1 saturated heterocycles. The molecule has 3 amide bonds. The third-order valence-corrected chi connectivity index (χ3v) is 5.36. The second-order valence-corrected chi connectivity index (χ2v) is 7.99. The predicted molar refractivity (Wildman–Crippen MR) is 117 cm³/mol. The Morgan fingerprint density at radius 1 is 1.13 bits per heavy atom. The minimum atomic E-state index is -1.19. The van der Waals surface area contributed by atoms with Gasteiger partial charge in [-0.2, -0.15) is 0 Å². The standard InChI is InChI=1S/C20H14Cl2N2O6S/c21-13-6-11(7-14(22)18(13)30-10-17(26)27)8-15-19(28)24(20(29)31-15)9-16(25)23-12-4-2-1-3-5-12/h1-8H,9-10H2,(H,23,25)(H,26,27)/b15-8-. The predicted octanol–water partition coefficient (Wildman–Crippen LogP) is 4.13. The molecule has 0 aliphatic carbocycles. The van der Waals surface area contributed by atoms with Crippen molar-refractivity contribution in [3.8, 4) is 5.75 Å². The van der Waals surface area contributed by atoms with E-state index in [9.17, 15) is 19.2 Å². The normalized spacial score (nSPS) is 14.8. The first-order chi connectivity index (χ1) is 14.7. The lowest BCUT2D eigenvalue weighted by atomic mass is 10.2. The maximum Gasteiger partial charge on any atom is 0.341 e. The molecule has 0 aromatic heterocycles. The molecular formula is C20H14Cl2N2O6S. The minimum Gasteiger partial charge on any atom is -0.479 e. The number of carbonyl (C=O) groups excluding carboxylic acids is 3. The number of para-hydroxylation sites is 1. The molecule has 2 aromatic rings. The topological polar surface area (TPSA) is 113 Å². The van der Waals surface area contributed by atoms with Gasteiger partial charge in [0.05, 0.1) is 15.0 Å². The molecule has 1 fully saturated rings. The average molecular weight is 481 g/mol. The highest BCUT2D eigenvalue weighted by molar-refractivity contribution is 8.18. The molecule has 2 aromatic carbocycles. The Morgan fingerprint density at radius 3 is 2.39 bits per heavy atom. The highest BCUT2D eigenvalue weighted by atomic mass is 35.5. The van der Waals surface area contributed by atoms with Crippen LogP contribution in [0.15, 0.2) is 47.4 Å². The zero-order valence-corrected chi connectivity index (χ0v) is 18.0. The lowest BCUT2D eigenvalue weighted by Crippen LogP contribution is -2.36. The van der Waals surface area contributed by atoms with Crippen molar-refractivity contribution in [2.45, 2.75) is 0 Å². The Kier molecular flexibility index (Phi) is 7.21. The highest BCUT2D eigenvalue weighted by Crippen LogP contribution is 2.37. The van der Waals surface area contributed by atoms with Crippen molar-refractivity contribution in [1.82, 2.24) is 4.90 Å². The van der Waals surface area contributed by atoms with Gasteiger partial charge in [0.1, 0.15) is 6.54 Å². The summed E-state index contributed by atoms with van der Waals surface area (Å²) in [5.41, 5.74) is 0.946. The zero-order chi connectivity index (χ0) is 22.5. The Morgan fingerprint density at radius 2 is 1.77 bits per heavy atom. The molecule has 11 heteroatoms. The number of benzene rings is 2. The van der Waals surface area contributed by atoms with E-state index in [4.69, 9.17) is 33.0 Å². The number of thioether (sulfide) groups is 1. The number of amides is 3. The number of halogens is 2. The maximum atomic E-state index is 12.6. The summed E-state index contributed by atoms with van der Waals surface area (Å²) in [7, 11) is 0. The third kappa shape index (κ3) is 5.78. The van der Waals surface area contributed by atoms with Crippen molar-refractivity contribution < 1.29 is 29.0 Å². The molecule has 160 valence electrons. The molecule has 0 saturated carbocycles. The summed E-state index contributed by atoms with van der Waals surface area (Å²) in [6, 6.07) is 11.5. The molecule has 0 atom stereocenters. The van der Waals surface area contributed by atoms with Crippen molar-refractivity contribution >= 4 is 69.8 Å². The first-order valence-electron chi connectivity index (χ1n) is 8.68. The van der Waals surface area contributed by atoms with Gasteiger partial charge in [-0.05, 0) is 47.7 Å². The summed E-state index contributed by atoms with van der Waals surface area (Å²) >= 11 is 12.9. The molecule has 3 rings (SSSR count). The van der Waals surface area contributed by atoms with Crippen molar-refractivity contribution in [2.75, 3.05) is 18.5 Å². The van der Waals surface area contributed by atoms with Crippen LogP contribution in [0, 0.1) is 0 Å². The van der Waals surface area contributed by atoms with Gasteiger partial charge in [-0.1, -0.05) is 41.4 Å². The van der Waals surface area contributed by atoms with Crippen molar-refractivity contribution in [2.24, 2.45) is 0 Å². The molecular weight excluding hydrogens is 467 g/mol. The number of carboxylic acids is 1. The van der Waals surface area contributed by atoms with Crippen LogP contribution >= 0.6 is 35.0 Å². The molecule has 0 spiro atoms. The van der Waals surface area contributed by atoms with Gasteiger partial charge in [0.15, 0.2) is 12.4 Å². The van der Waals surface area contributed by atoms with Crippen LogP contribution in [-0.4, -0.2) is 46.2 Å². The van der Waals surface area contributed by atoms with Crippen LogP contribution in [-0.2, 0) is 14.4 Å². The largest absolute Gasteiger partial charge is 0.479 e. The molecule has 2 N–H and O–H groups in total. The molecule has 0 bridgehead atoms. The van der Waals surface area contributed by atoms with E-state index in [0.29, 0.717) is 23.0 Å². The fourth-order valence-electron chi connectivity index (χ4n) is 2.59. The smallest absolute Gasteiger partial charge is 0.341 e. The van der Waals surface area contributed by atoms with E-state index in [-0.39, 0.29) is 20.7 Å². The van der Waals surface area contributed by atoms with E-state index < -0.39 is 36.2 Å². The van der Waals surface area contributed by atoms with Gasteiger partial charge in [0.2, 0.25) is 5.91 Å². The summed E-state index contributed by atoms with van der Waals surface area (Å²) in [5.74, 6) is -2.34. The summed E-state index contributed by atoms with van der Waals surface area (Å²) < 4.78 is 5.04. The molecule has 8 nitrogen and oxygen atoms in total. The fraction of sp³-hybridized carbons (Fsp3) is 0.100. The molecule has 1 aliphatic heterocycles. The fourth-order valence-corrected chi connectivity index (χ4v) is 4.04. The summed E-state index contributed by atoms with van der Waals surface area (Å²) in [4.78, 5) is 48.6. The van der Waals surface area contributed by atoms with Gasteiger partial charge < -0.3 is 15.2 Å². The van der Waals surface area contributed by atoms with Crippen LogP contribution < -0.4 is 10.1 Å². The quantitative estimate of drug-likeness (QED) is 0.572. The number of hydrogen-bond acceptors (Lipinski definition) is 6. The lowest BCUT2D eigenvalue weighted by Gasteiger charge is -2.12. The van der Waals surface area contributed by atoms with Gasteiger partial charge >= 0.3 is 5.97 Å². The van der Waals surface area contributed by atoms with E-state index in [2.05, 4.69) is 5.32 Å². The zero-order valence-electron chi connectivity index (χ0n) is 15.6. The second kappa shape index (κ2) is 9.86. The molecule has 1 aliphatic rings. The van der Waals surface area contributed by atoms with Crippen molar-refractivity contribution in [3.05, 3.63) is 63.0 Å². The molecule has 0 radical (unpaired) electrons. The van der Waals surface area contributed by atoms with E-state index in [1.165, 1.54) is 18.2 Å². The highest BCUT2D eigenvalue weighted by Gasteiger charge is 2.36. The SMILES string of the molecule is O=C(O)COc1c(Cl)cc(/C=C2\SC(=O)N(CC(=O)Nc3ccccc3)C2=O)cc1Cl. The monoisotopic (exact) mass is 480 g/mol. The van der Waals surface area contributed by atoms with E-state index >= 15 is 0 Å². The van der Waals surface area contributed by atoms with E-state index in [1.807, 2.05) is 0 Å². The number of carbonyl (C=O) groups is 4. The van der Waals surface area contributed by atoms with Crippen molar-refractivity contribution in [1.29, 1.82) is 0 Å². The first-order valence-corrected chi connectivity index (χ1v) is 10.3. The number of nitrogens with one attached hydrogen (secondary N) is 1. The third-order valence-electron chi connectivity index (χ3n) is 3.89. The van der Waals surface area contributed by atoms with Gasteiger partial charge in [-0.3, -0.25) is 19.3 Å². The summed E-state index contributed by atoms with van der Waals surface area (Å²) in [6.45, 7) is -1.05. The Labute approximate surface area is 190 Å². The van der Waals surface area contributed by atoms with Gasteiger partial charge in [0.25, 0.3) is 11.1 Å². The van der Waals surface area contributed by atoms with Gasteiger partial charge in [-0.25, -0.2) is 4.79 Å². The molecule has 0 unspecified atom stereocenters. The summed E-state index contributed by atoms with van der Waals surface area (Å²) in [5, 5.41) is 10.8. The second-order valence-electron chi connectivity index (χ2n) is 6.18. The number of hydrogen-bond donors (Lipinski definition) is 2. The van der Waals surface area contributed by atoms with Gasteiger partial charge in [-0.15, -0.1) is 0 Å².